The van der Waals surface area contributed by atoms with Gasteiger partial charge in [0.2, 0.25) is 0 Å². The molecular formula is C20H14N6O. The summed E-state index contributed by atoms with van der Waals surface area (Å²) < 4.78 is 7.01. The van der Waals surface area contributed by atoms with Crippen molar-refractivity contribution in [1.82, 2.24) is 30.3 Å². The molecule has 0 fully saturated rings. The Kier molecular flexibility index (Phi) is 3.50. The van der Waals surface area contributed by atoms with E-state index in [9.17, 15) is 0 Å². The van der Waals surface area contributed by atoms with Crippen molar-refractivity contribution in [2.75, 3.05) is 0 Å². The van der Waals surface area contributed by atoms with E-state index in [0.717, 1.165) is 22.3 Å². The van der Waals surface area contributed by atoms with Crippen LogP contribution >= 0.6 is 0 Å². The summed E-state index contributed by atoms with van der Waals surface area (Å²) in [6.45, 7) is 1.95. The van der Waals surface area contributed by atoms with Gasteiger partial charge in [0, 0.05) is 5.56 Å². The SMILES string of the molecule is Cc1c(-c2nnc(-c3ccccc3)c3nocc23)nnn1-c1ccccc1. The zero-order valence-corrected chi connectivity index (χ0v) is 14.4. The molecule has 0 atom stereocenters. The molecule has 0 saturated heterocycles. The highest BCUT2D eigenvalue weighted by Gasteiger charge is 2.21. The van der Waals surface area contributed by atoms with Gasteiger partial charge in [-0.25, -0.2) is 4.68 Å². The molecule has 7 heteroatoms. The van der Waals surface area contributed by atoms with Gasteiger partial charge in [-0.05, 0) is 19.1 Å². The molecule has 0 N–H and O–H groups in total. The summed E-state index contributed by atoms with van der Waals surface area (Å²) in [5.41, 5.74) is 5.32. The van der Waals surface area contributed by atoms with Gasteiger partial charge in [0.15, 0.2) is 0 Å². The third-order valence-electron chi connectivity index (χ3n) is 4.47. The molecule has 5 rings (SSSR count). The van der Waals surface area contributed by atoms with Crippen molar-refractivity contribution < 1.29 is 4.52 Å². The number of benzene rings is 2. The topological polar surface area (TPSA) is 82.5 Å². The molecule has 0 amide bonds. The van der Waals surface area contributed by atoms with E-state index >= 15 is 0 Å². The first kappa shape index (κ1) is 15.4. The molecule has 0 unspecified atom stereocenters. The molecule has 3 heterocycles. The van der Waals surface area contributed by atoms with Crippen LogP contribution in [-0.4, -0.2) is 30.3 Å². The van der Waals surface area contributed by atoms with Crippen LogP contribution in [0.5, 0.6) is 0 Å². The fourth-order valence-electron chi connectivity index (χ4n) is 3.10. The van der Waals surface area contributed by atoms with E-state index < -0.39 is 0 Å². The first-order valence-corrected chi connectivity index (χ1v) is 8.47. The zero-order valence-electron chi connectivity index (χ0n) is 14.4. The van der Waals surface area contributed by atoms with E-state index in [0.29, 0.717) is 22.6 Å². The van der Waals surface area contributed by atoms with E-state index in [1.165, 1.54) is 0 Å². The Morgan fingerprint density at radius 3 is 2.26 bits per heavy atom. The maximum atomic E-state index is 5.24. The molecule has 7 nitrogen and oxygen atoms in total. The van der Waals surface area contributed by atoms with Gasteiger partial charge in [-0.15, -0.1) is 15.3 Å². The molecular weight excluding hydrogens is 340 g/mol. The van der Waals surface area contributed by atoms with Gasteiger partial charge in [-0.1, -0.05) is 58.9 Å². The lowest BCUT2D eigenvalue weighted by Gasteiger charge is -2.05. The van der Waals surface area contributed by atoms with Crippen LogP contribution in [0.25, 0.3) is 39.2 Å². The second kappa shape index (κ2) is 6.14. The molecule has 0 aliphatic carbocycles. The highest BCUT2D eigenvalue weighted by Crippen LogP contribution is 2.32. The quantitative estimate of drug-likeness (QED) is 0.489. The lowest BCUT2D eigenvalue weighted by Crippen LogP contribution is -1.99. The summed E-state index contributed by atoms with van der Waals surface area (Å²) in [5, 5.41) is 22.3. The van der Waals surface area contributed by atoms with Gasteiger partial charge in [-0.2, -0.15) is 0 Å². The van der Waals surface area contributed by atoms with E-state index in [4.69, 9.17) is 4.52 Å². The van der Waals surface area contributed by atoms with Crippen molar-refractivity contribution in [2.24, 2.45) is 0 Å². The Morgan fingerprint density at radius 1 is 0.778 bits per heavy atom. The molecule has 0 aliphatic rings. The average Bonchev–Trinajstić information content (AvgIpc) is 3.36. The van der Waals surface area contributed by atoms with Gasteiger partial charge in [0.1, 0.15) is 28.9 Å². The van der Waals surface area contributed by atoms with Crippen LogP contribution in [0.4, 0.5) is 0 Å². The Bertz CT molecular complexity index is 1230. The molecule has 0 saturated carbocycles. The fraction of sp³-hybridized carbons (Fsp3) is 0.0500. The van der Waals surface area contributed by atoms with Gasteiger partial charge in [-0.3, -0.25) is 0 Å². The number of fused-ring (bicyclic) bond motifs is 1. The maximum Gasteiger partial charge on any atom is 0.144 e. The predicted molar refractivity (Wildman–Crippen MR) is 100 cm³/mol. The monoisotopic (exact) mass is 354 g/mol. The Labute approximate surface area is 154 Å². The third kappa shape index (κ3) is 2.48. The molecule has 130 valence electrons. The minimum atomic E-state index is 0.602. The van der Waals surface area contributed by atoms with Crippen molar-refractivity contribution in [1.29, 1.82) is 0 Å². The summed E-state index contributed by atoms with van der Waals surface area (Å²) in [5.74, 6) is 0. The van der Waals surface area contributed by atoms with Gasteiger partial charge in [0.05, 0.1) is 16.8 Å². The minimum absolute atomic E-state index is 0.602. The normalized spacial score (nSPS) is 11.1. The Hall–Kier alpha value is -3.87. The number of hydrogen-bond acceptors (Lipinski definition) is 6. The Morgan fingerprint density at radius 2 is 1.48 bits per heavy atom. The summed E-state index contributed by atoms with van der Waals surface area (Å²) >= 11 is 0. The van der Waals surface area contributed by atoms with Crippen LogP contribution in [0.2, 0.25) is 0 Å². The van der Waals surface area contributed by atoms with Gasteiger partial charge in [0.25, 0.3) is 0 Å². The Balaban J connectivity index is 1.68. The van der Waals surface area contributed by atoms with Crippen molar-refractivity contribution in [2.45, 2.75) is 6.92 Å². The van der Waals surface area contributed by atoms with Crippen molar-refractivity contribution in [3.8, 4) is 28.3 Å². The second-order valence-electron chi connectivity index (χ2n) is 6.11. The van der Waals surface area contributed by atoms with E-state index in [1.54, 1.807) is 10.9 Å². The third-order valence-corrected chi connectivity index (χ3v) is 4.47. The average molecular weight is 354 g/mol. The van der Waals surface area contributed by atoms with Crippen molar-refractivity contribution >= 4 is 10.9 Å². The summed E-state index contributed by atoms with van der Waals surface area (Å²) in [6.07, 6.45) is 1.58. The van der Waals surface area contributed by atoms with E-state index in [2.05, 4.69) is 25.7 Å². The van der Waals surface area contributed by atoms with Crippen molar-refractivity contribution in [3.63, 3.8) is 0 Å². The van der Waals surface area contributed by atoms with Crippen LogP contribution < -0.4 is 0 Å². The van der Waals surface area contributed by atoms with E-state index in [-0.39, 0.29) is 0 Å². The summed E-state index contributed by atoms with van der Waals surface area (Å²) in [7, 11) is 0. The van der Waals surface area contributed by atoms with Crippen LogP contribution in [-0.2, 0) is 0 Å². The number of rotatable bonds is 3. The molecule has 0 radical (unpaired) electrons. The molecule has 0 bridgehead atoms. The molecule has 0 spiro atoms. The minimum Gasteiger partial charge on any atom is -0.363 e. The van der Waals surface area contributed by atoms with Gasteiger partial charge < -0.3 is 4.52 Å². The first-order valence-electron chi connectivity index (χ1n) is 8.47. The number of nitrogens with zero attached hydrogens (tertiary/aromatic N) is 6. The van der Waals surface area contributed by atoms with Crippen LogP contribution in [0.3, 0.4) is 0 Å². The number of hydrogen-bond donors (Lipinski definition) is 0. The van der Waals surface area contributed by atoms with Gasteiger partial charge >= 0.3 is 0 Å². The molecule has 5 aromatic rings. The smallest absolute Gasteiger partial charge is 0.144 e. The second-order valence-corrected chi connectivity index (χ2v) is 6.11. The predicted octanol–water partition coefficient (Wildman–Crippen LogP) is 3.84. The zero-order chi connectivity index (χ0) is 18.2. The lowest BCUT2D eigenvalue weighted by atomic mass is 10.1. The molecule has 2 aromatic carbocycles. The molecule has 3 aromatic heterocycles. The number of aromatic nitrogens is 6. The summed E-state index contributed by atoms with van der Waals surface area (Å²) in [6, 6.07) is 19.6. The highest BCUT2D eigenvalue weighted by molar-refractivity contribution is 5.98. The molecule has 0 aliphatic heterocycles. The number of para-hydroxylation sites is 1. The lowest BCUT2D eigenvalue weighted by molar-refractivity contribution is 0.428. The highest BCUT2D eigenvalue weighted by atomic mass is 16.5. The largest absolute Gasteiger partial charge is 0.363 e. The van der Waals surface area contributed by atoms with E-state index in [1.807, 2.05) is 67.6 Å². The van der Waals surface area contributed by atoms with Crippen LogP contribution in [0, 0.1) is 6.92 Å². The van der Waals surface area contributed by atoms with Crippen LogP contribution in [0.1, 0.15) is 5.69 Å². The standard InChI is InChI=1S/C20H14N6O/c1-13-17(23-25-26(13)15-10-6-3-7-11-15)19-16-12-27-24-20(16)18(21-22-19)14-8-4-2-5-9-14/h2-12H,1H3. The molecule has 27 heavy (non-hydrogen) atoms. The van der Waals surface area contributed by atoms with Crippen molar-refractivity contribution in [3.05, 3.63) is 72.6 Å². The van der Waals surface area contributed by atoms with Crippen LogP contribution in [0.15, 0.2) is 71.4 Å². The fourth-order valence-corrected chi connectivity index (χ4v) is 3.10. The summed E-state index contributed by atoms with van der Waals surface area (Å²) in [4.78, 5) is 0. The maximum absolute atomic E-state index is 5.24. The first-order chi connectivity index (χ1) is 13.3.